The number of nitrogens with zero attached hydrogens (tertiary/aromatic N) is 2. The lowest BCUT2D eigenvalue weighted by Gasteiger charge is -2.15. The fraction of sp³-hybridized carbons (Fsp3) is 0.190. The minimum Gasteiger partial charge on any atom is -0.350 e. The third kappa shape index (κ3) is 3.18. The average molecular weight is 395 g/mol. The second-order valence-electron chi connectivity index (χ2n) is 6.66. The fourth-order valence-electron chi connectivity index (χ4n) is 3.24. The molecule has 0 aliphatic rings. The summed E-state index contributed by atoms with van der Waals surface area (Å²) in [5.41, 5.74) is 1.07. The number of carbonyl (C=O) groups is 1. The van der Waals surface area contributed by atoms with E-state index in [0.717, 1.165) is 14.8 Å². The summed E-state index contributed by atoms with van der Waals surface area (Å²) < 4.78 is 16.4. The van der Waals surface area contributed by atoms with Crippen LogP contribution in [0.3, 0.4) is 0 Å². The Balaban J connectivity index is 1.68. The fourth-order valence-corrected chi connectivity index (χ4v) is 4.37. The van der Waals surface area contributed by atoms with Crippen LogP contribution in [0.2, 0.25) is 0 Å². The van der Waals surface area contributed by atoms with E-state index in [4.69, 9.17) is 0 Å². The van der Waals surface area contributed by atoms with Crippen LogP contribution >= 0.6 is 11.3 Å². The number of rotatable bonds is 4. The van der Waals surface area contributed by atoms with Crippen LogP contribution in [-0.4, -0.2) is 15.7 Å². The lowest BCUT2D eigenvalue weighted by molar-refractivity contribution is -0.124. The van der Waals surface area contributed by atoms with E-state index in [-0.39, 0.29) is 23.8 Å². The number of amides is 1. The van der Waals surface area contributed by atoms with E-state index in [1.165, 1.54) is 28.2 Å². The first-order valence-electron chi connectivity index (χ1n) is 8.88. The summed E-state index contributed by atoms with van der Waals surface area (Å²) >= 11 is 1.53. The summed E-state index contributed by atoms with van der Waals surface area (Å²) in [7, 11) is 0. The van der Waals surface area contributed by atoms with E-state index >= 15 is 0 Å². The van der Waals surface area contributed by atoms with Crippen molar-refractivity contribution in [1.29, 1.82) is 0 Å². The highest BCUT2D eigenvalue weighted by molar-refractivity contribution is 7.26. The van der Waals surface area contributed by atoms with Gasteiger partial charge in [-0.3, -0.25) is 9.59 Å². The minimum atomic E-state index is -0.789. The van der Waals surface area contributed by atoms with Gasteiger partial charge >= 0.3 is 0 Å². The van der Waals surface area contributed by atoms with E-state index in [1.54, 1.807) is 19.1 Å². The van der Waals surface area contributed by atoms with Crippen molar-refractivity contribution in [3.05, 3.63) is 76.0 Å². The Morgan fingerprint density at radius 3 is 2.82 bits per heavy atom. The molecular formula is C21H18FN3O2S. The van der Waals surface area contributed by atoms with Crippen LogP contribution in [-0.2, 0) is 11.3 Å². The molecule has 1 atom stereocenters. The molecule has 0 aliphatic heterocycles. The summed E-state index contributed by atoms with van der Waals surface area (Å²) in [5, 5.41) is 8.60. The Morgan fingerprint density at radius 2 is 2.04 bits per heavy atom. The summed E-state index contributed by atoms with van der Waals surface area (Å²) in [6.07, 6.45) is 0. The number of aromatic nitrogens is 2. The Morgan fingerprint density at radius 1 is 1.25 bits per heavy atom. The van der Waals surface area contributed by atoms with Crippen molar-refractivity contribution >= 4 is 37.4 Å². The number of fused-ring (bicyclic) bond motifs is 3. The highest BCUT2D eigenvalue weighted by Crippen LogP contribution is 2.32. The molecule has 4 aromatic rings. The topological polar surface area (TPSA) is 64.0 Å². The van der Waals surface area contributed by atoms with Crippen LogP contribution < -0.4 is 10.9 Å². The lowest BCUT2D eigenvalue weighted by atomic mass is 10.2. The maximum atomic E-state index is 13.3. The summed E-state index contributed by atoms with van der Waals surface area (Å²) in [4.78, 5) is 25.7. The summed E-state index contributed by atoms with van der Waals surface area (Å²) in [6, 6.07) is 12.9. The number of nitrogens with one attached hydrogen (secondary N) is 1. The molecule has 4 rings (SSSR count). The van der Waals surface area contributed by atoms with E-state index in [2.05, 4.69) is 10.4 Å². The number of aryl methyl sites for hydroxylation is 1. The van der Waals surface area contributed by atoms with Crippen molar-refractivity contribution in [2.45, 2.75) is 26.4 Å². The van der Waals surface area contributed by atoms with Crippen molar-refractivity contribution in [3.63, 3.8) is 0 Å². The number of carbonyl (C=O) groups excluding carboxylic acids is 1. The number of hydrogen-bond donors (Lipinski definition) is 1. The van der Waals surface area contributed by atoms with E-state index in [1.807, 2.05) is 31.2 Å². The van der Waals surface area contributed by atoms with Crippen molar-refractivity contribution in [3.8, 4) is 0 Å². The molecule has 28 heavy (non-hydrogen) atoms. The lowest BCUT2D eigenvalue weighted by Crippen LogP contribution is -2.37. The van der Waals surface area contributed by atoms with Crippen molar-refractivity contribution in [1.82, 2.24) is 15.1 Å². The van der Waals surface area contributed by atoms with Gasteiger partial charge in [0.05, 0.1) is 15.8 Å². The third-order valence-corrected chi connectivity index (χ3v) is 5.99. The molecule has 1 N–H and O–H groups in total. The molecule has 0 unspecified atom stereocenters. The first-order valence-corrected chi connectivity index (χ1v) is 9.70. The first kappa shape index (κ1) is 18.3. The second kappa shape index (κ2) is 7.16. The predicted molar refractivity (Wildman–Crippen MR) is 109 cm³/mol. The molecule has 0 aliphatic carbocycles. The average Bonchev–Trinajstić information content (AvgIpc) is 3.09. The molecule has 0 radical (unpaired) electrons. The number of benzene rings is 2. The van der Waals surface area contributed by atoms with Gasteiger partial charge in [0, 0.05) is 16.6 Å². The van der Waals surface area contributed by atoms with Crippen LogP contribution in [0.4, 0.5) is 4.39 Å². The molecule has 0 bridgehead atoms. The number of hydrogen-bond acceptors (Lipinski definition) is 4. The van der Waals surface area contributed by atoms with Gasteiger partial charge in [-0.15, -0.1) is 11.3 Å². The highest BCUT2D eigenvalue weighted by atomic mass is 32.1. The van der Waals surface area contributed by atoms with Gasteiger partial charge in [0.2, 0.25) is 5.91 Å². The second-order valence-corrected chi connectivity index (χ2v) is 7.71. The Hall–Kier alpha value is -3.06. The number of thiophene rings is 1. The highest BCUT2D eigenvalue weighted by Gasteiger charge is 2.21. The quantitative estimate of drug-likeness (QED) is 0.569. The number of halogens is 1. The van der Waals surface area contributed by atoms with Crippen LogP contribution in [0.25, 0.3) is 20.2 Å². The predicted octanol–water partition coefficient (Wildman–Crippen LogP) is 3.94. The van der Waals surface area contributed by atoms with Gasteiger partial charge in [-0.2, -0.15) is 5.10 Å². The molecule has 142 valence electrons. The van der Waals surface area contributed by atoms with Crippen LogP contribution in [0, 0.1) is 12.7 Å². The zero-order chi connectivity index (χ0) is 19.8. The van der Waals surface area contributed by atoms with E-state index in [9.17, 15) is 14.0 Å². The van der Waals surface area contributed by atoms with Gasteiger partial charge in [-0.25, -0.2) is 9.07 Å². The van der Waals surface area contributed by atoms with Gasteiger partial charge < -0.3 is 5.32 Å². The maximum absolute atomic E-state index is 13.3. The van der Waals surface area contributed by atoms with Gasteiger partial charge in [0.25, 0.3) is 5.56 Å². The Kier molecular flexibility index (Phi) is 4.68. The van der Waals surface area contributed by atoms with E-state index in [0.29, 0.717) is 16.6 Å². The monoisotopic (exact) mass is 395 g/mol. The molecule has 2 aromatic heterocycles. The molecule has 0 saturated heterocycles. The zero-order valence-electron chi connectivity index (χ0n) is 15.4. The zero-order valence-corrected chi connectivity index (χ0v) is 16.2. The molecule has 7 heteroatoms. The molecular weight excluding hydrogens is 377 g/mol. The van der Waals surface area contributed by atoms with Gasteiger partial charge in [0.15, 0.2) is 0 Å². The van der Waals surface area contributed by atoms with Crippen LogP contribution in [0.5, 0.6) is 0 Å². The summed E-state index contributed by atoms with van der Waals surface area (Å²) in [6.45, 7) is 3.65. The molecule has 1 amide bonds. The Bertz CT molecular complexity index is 1260. The molecule has 0 spiro atoms. The summed E-state index contributed by atoms with van der Waals surface area (Å²) in [5.74, 6) is -0.708. The minimum absolute atomic E-state index is 0.179. The first-order chi connectivity index (χ1) is 13.5. The molecule has 2 aromatic carbocycles. The van der Waals surface area contributed by atoms with Crippen molar-refractivity contribution in [2.75, 3.05) is 0 Å². The van der Waals surface area contributed by atoms with Crippen LogP contribution in [0.1, 0.15) is 24.2 Å². The maximum Gasteiger partial charge on any atom is 0.276 e. The van der Waals surface area contributed by atoms with Gasteiger partial charge in [-0.05, 0) is 37.6 Å². The van der Waals surface area contributed by atoms with E-state index < -0.39 is 6.04 Å². The molecule has 2 heterocycles. The molecule has 0 fully saturated rings. The third-order valence-electron chi connectivity index (χ3n) is 4.71. The van der Waals surface area contributed by atoms with Gasteiger partial charge in [-0.1, -0.05) is 30.3 Å². The Labute approximate surface area is 164 Å². The SMILES string of the molecule is Cc1nn([C@H](C)C(=O)NCc2cccc(F)c2)c(=O)c2c1sc1ccccc12. The normalized spacial score (nSPS) is 12.4. The van der Waals surface area contributed by atoms with Gasteiger partial charge in [0.1, 0.15) is 11.9 Å². The largest absolute Gasteiger partial charge is 0.350 e. The smallest absolute Gasteiger partial charge is 0.276 e. The molecule has 0 saturated carbocycles. The standard InChI is InChI=1S/C21H18FN3O2S/c1-12-19-18(16-8-3-4-9-17(16)28-19)21(27)25(24-12)13(2)20(26)23-11-14-6-5-7-15(22)10-14/h3-10,13H,11H2,1-2H3,(H,23,26)/t13-/m1/s1. The molecule has 5 nitrogen and oxygen atoms in total. The van der Waals surface area contributed by atoms with Crippen molar-refractivity contribution in [2.24, 2.45) is 0 Å². The van der Waals surface area contributed by atoms with Crippen molar-refractivity contribution < 1.29 is 9.18 Å². The van der Waals surface area contributed by atoms with Crippen LogP contribution in [0.15, 0.2) is 53.3 Å².